The van der Waals surface area contributed by atoms with Crippen molar-refractivity contribution < 1.29 is 0 Å². The van der Waals surface area contributed by atoms with E-state index in [4.69, 9.17) is 5.26 Å². The summed E-state index contributed by atoms with van der Waals surface area (Å²) in [6.45, 7) is 7.74. The molecule has 0 bridgehead atoms. The fourth-order valence-corrected chi connectivity index (χ4v) is 3.23. The van der Waals surface area contributed by atoms with Gasteiger partial charge in [-0.1, -0.05) is 42.6 Å². The Hall–Kier alpha value is -0.0700. The van der Waals surface area contributed by atoms with Gasteiger partial charge in [0, 0.05) is 17.9 Å². The average Bonchev–Trinajstić information content (AvgIpc) is 2.29. The molecule has 0 aromatic carbocycles. The Bertz CT molecular complexity index is 229. The Kier molecular flexibility index (Phi) is 8.90. The van der Waals surface area contributed by atoms with Gasteiger partial charge in [0.1, 0.15) is 0 Å². The molecule has 0 radical (unpaired) electrons. The molecule has 0 aliphatic rings. The van der Waals surface area contributed by atoms with Crippen LogP contribution in [0.15, 0.2) is 0 Å². The van der Waals surface area contributed by atoms with Crippen molar-refractivity contribution in [2.24, 2.45) is 5.41 Å². The first-order chi connectivity index (χ1) is 8.05. The van der Waals surface area contributed by atoms with E-state index in [2.05, 4.69) is 54.7 Å². The van der Waals surface area contributed by atoms with Gasteiger partial charge in [-0.2, -0.15) is 5.26 Å². The minimum Gasteiger partial charge on any atom is -0.302 e. The molecule has 0 spiro atoms. The first-order valence-corrected chi connectivity index (χ1v) is 7.80. The third-order valence-corrected chi connectivity index (χ3v) is 4.76. The van der Waals surface area contributed by atoms with Crippen LogP contribution in [0, 0.1) is 16.7 Å². The highest BCUT2D eigenvalue weighted by atomic mass is 79.9. The number of rotatable bonds is 9. The molecule has 2 nitrogen and oxygen atoms in total. The number of alkyl halides is 1. The fraction of sp³-hybridized carbons (Fsp3) is 0.929. The van der Waals surface area contributed by atoms with Crippen LogP contribution in [-0.2, 0) is 0 Å². The van der Waals surface area contributed by atoms with Gasteiger partial charge in [-0.3, -0.25) is 0 Å². The topological polar surface area (TPSA) is 27.0 Å². The van der Waals surface area contributed by atoms with Crippen molar-refractivity contribution in [3.05, 3.63) is 0 Å². The lowest BCUT2D eigenvalue weighted by Crippen LogP contribution is -2.41. The van der Waals surface area contributed by atoms with Crippen LogP contribution in [0.5, 0.6) is 0 Å². The Labute approximate surface area is 116 Å². The number of hydrogen-bond acceptors (Lipinski definition) is 2. The summed E-state index contributed by atoms with van der Waals surface area (Å²) in [5, 5.41) is 9.82. The zero-order valence-corrected chi connectivity index (χ0v) is 13.4. The molecule has 0 aliphatic carbocycles. The van der Waals surface area contributed by atoms with Crippen LogP contribution in [0.25, 0.3) is 0 Å². The van der Waals surface area contributed by atoms with Crippen LogP contribution in [-0.4, -0.2) is 29.9 Å². The predicted octanol–water partition coefficient (Wildman–Crippen LogP) is 4.20. The molecule has 0 amide bonds. The molecule has 1 unspecified atom stereocenters. The van der Waals surface area contributed by atoms with Gasteiger partial charge in [0.2, 0.25) is 0 Å². The lowest BCUT2D eigenvalue weighted by atomic mass is 9.80. The lowest BCUT2D eigenvalue weighted by Gasteiger charge is -2.37. The van der Waals surface area contributed by atoms with E-state index in [0.29, 0.717) is 17.9 Å². The first kappa shape index (κ1) is 16.9. The summed E-state index contributed by atoms with van der Waals surface area (Å²) in [6, 6.07) is 2.62. The van der Waals surface area contributed by atoms with Crippen molar-refractivity contribution in [2.75, 3.05) is 18.9 Å². The maximum absolute atomic E-state index is 8.76. The predicted molar refractivity (Wildman–Crippen MR) is 78.4 cm³/mol. The van der Waals surface area contributed by atoms with E-state index in [9.17, 15) is 0 Å². The van der Waals surface area contributed by atoms with E-state index in [1.807, 2.05) is 0 Å². The van der Waals surface area contributed by atoms with Crippen LogP contribution in [0.1, 0.15) is 52.9 Å². The minimum atomic E-state index is 0.354. The molecule has 0 saturated heterocycles. The molecule has 100 valence electrons. The van der Waals surface area contributed by atoms with Crippen LogP contribution in [0.2, 0.25) is 0 Å². The average molecular weight is 303 g/mol. The van der Waals surface area contributed by atoms with Crippen LogP contribution in [0.3, 0.4) is 0 Å². The van der Waals surface area contributed by atoms with Crippen molar-refractivity contribution in [2.45, 2.75) is 58.9 Å². The van der Waals surface area contributed by atoms with Crippen LogP contribution >= 0.6 is 15.9 Å². The lowest BCUT2D eigenvalue weighted by molar-refractivity contribution is 0.141. The van der Waals surface area contributed by atoms with E-state index < -0.39 is 0 Å². The number of nitrogens with zero attached hydrogens (tertiary/aromatic N) is 2. The monoisotopic (exact) mass is 302 g/mol. The molecular weight excluding hydrogens is 276 g/mol. The van der Waals surface area contributed by atoms with Crippen molar-refractivity contribution in [1.29, 1.82) is 5.26 Å². The standard InChI is InChI=1S/C14H27BrN2/c1-5-8-14(11-15,9-6-2)12-17(4)13(3)7-10-16/h13H,5-9,11-12H2,1-4H3. The van der Waals surface area contributed by atoms with Gasteiger partial charge in [0.15, 0.2) is 0 Å². The zero-order valence-electron chi connectivity index (χ0n) is 11.8. The highest BCUT2D eigenvalue weighted by Gasteiger charge is 2.29. The van der Waals surface area contributed by atoms with Gasteiger partial charge < -0.3 is 4.90 Å². The van der Waals surface area contributed by atoms with E-state index >= 15 is 0 Å². The molecular formula is C14H27BrN2. The highest BCUT2D eigenvalue weighted by molar-refractivity contribution is 9.09. The number of nitriles is 1. The van der Waals surface area contributed by atoms with E-state index in [1.165, 1.54) is 25.7 Å². The zero-order chi connectivity index (χ0) is 13.3. The maximum Gasteiger partial charge on any atom is 0.0638 e. The Morgan fingerprint density at radius 3 is 2.18 bits per heavy atom. The third-order valence-electron chi connectivity index (χ3n) is 3.57. The molecule has 0 saturated carbocycles. The second kappa shape index (κ2) is 8.94. The normalized spacial score (nSPS) is 13.7. The Balaban J connectivity index is 4.55. The number of halogens is 1. The quantitative estimate of drug-likeness (QED) is 0.597. The highest BCUT2D eigenvalue weighted by Crippen LogP contribution is 2.33. The first-order valence-electron chi connectivity index (χ1n) is 6.68. The fourth-order valence-electron chi connectivity index (χ4n) is 2.49. The van der Waals surface area contributed by atoms with E-state index in [-0.39, 0.29) is 0 Å². The molecule has 17 heavy (non-hydrogen) atoms. The van der Waals surface area contributed by atoms with E-state index in [0.717, 1.165) is 11.9 Å². The summed E-state index contributed by atoms with van der Waals surface area (Å²) >= 11 is 3.70. The molecule has 0 rings (SSSR count). The van der Waals surface area contributed by atoms with Gasteiger partial charge >= 0.3 is 0 Å². The molecule has 0 aromatic rings. The van der Waals surface area contributed by atoms with Gasteiger partial charge in [0.05, 0.1) is 12.5 Å². The van der Waals surface area contributed by atoms with E-state index in [1.54, 1.807) is 0 Å². The second-order valence-electron chi connectivity index (χ2n) is 5.26. The largest absolute Gasteiger partial charge is 0.302 e. The third kappa shape index (κ3) is 5.88. The van der Waals surface area contributed by atoms with Gasteiger partial charge in [0.25, 0.3) is 0 Å². The SMILES string of the molecule is CCCC(CBr)(CCC)CN(C)C(C)CC#N. The smallest absolute Gasteiger partial charge is 0.0638 e. The molecule has 0 aromatic heterocycles. The van der Waals surface area contributed by atoms with Crippen LogP contribution < -0.4 is 0 Å². The summed E-state index contributed by atoms with van der Waals surface area (Å²) in [7, 11) is 2.14. The molecule has 3 heteroatoms. The van der Waals surface area contributed by atoms with Gasteiger partial charge in [-0.25, -0.2) is 0 Å². The Morgan fingerprint density at radius 2 is 1.82 bits per heavy atom. The van der Waals surface area contributed by atoms with Crippen molar-refractivity contribution in [1.82, 2.24) is 4.90 Å². The van der Waals surface area contributed by atoms with Crippen molar-refractivity contribution in [3.63, 3.8) is 0 Å². The molecule has 1 atom stereocenters. The summed E-state index contributed by atoms with van der Waals surface area (Å²) in [5.41, 5.74) is 0.377. The summed E-state index contributed by atoms with van der Waals surface area (Å²) in [6.07, 6.45) is 5.59. The summed E-state index contributed by atoms with van der Waals surface area (Å²) in [4.78, 5) is 2.34. The molecule has 0 aliphatic heterocycles. The molecule has 0 N–H and O–H groups in total. The summed E-state index contributed by atoms with van der Waals surface area (Å²) in [5.74, 6) is 0. The minimum absolute atomic E-state index is 0.354. The molecule has 0 fully saturated rings. The Morgan fingerprint density at radius 1 is 1.29 bits per heavy atom. The second-order valence-corrected chi connectivity index (χ2v) is 5.82. The van der Waals surface area contributed by atoms with Crippen molar-refractivity contribution >= 4 is 15.9 Å². The van der Waals surface area contributed by atoms with Crippen molar-refractivity contribution in [3.8, 4) is 6.07 Å². The maximum atomic E-state index is 8.76. The summed E-state index contributed by atoms with van der Waals surface area (Å²) < 4.78 is 0. The van der Waals surface area contributed by atoms with Gasteiger partial charge in [-0.05, 0) is 32.2 Å². The van der Waals surface area contributed by atoms with Crippen LogP contribution in [0.4, 0.5) is 0 Å². The van der Waals surface area contributed by atoms with Gasteiger partial charge in [-0.15, -0.1) is 0 Å². The molecule has 0 heterocycles. The number of hydrogen-bond donors (Lipinski definition) is 0.